The van der Waals surface area contributed by atoms with E-state index in [0.717, 1.165) is 25.0 Å². The monoisotopic (exact) mass is 381 g/mol. The average Bonchev–Trinajstić information content (AvgIpc) is 2.71. The van der Waals surface area contributed by atoms with Crippen molar-refractivity contribution in [3.05, 3.63) is 54.1 Å². The first-order valence-corrected chi connectivity index (χ1v) is 9.75. The number of ether oxygens (including phenoxy) is 1. The highest BCUT2D eigenvalue weighted by Gasteiger charge is 2.35. The number of amides is 2. The topological polar surface area (TPSA) is 93.5 Å². The summed E-state index contributed by atoms with van der Waals surface area (Å²) in [6, 6.07) is 14.0. The van der Waals surface area contributed by atoms with Crippen LogP contribution in [0.3, 0.4) is 0 Å². The summed E-state index contributed by atoms with van der Waals surface area (Å²) < 4.78 is 5.39. The lowest BCUT2D eigenvalue weighted by Gasteiger charge is -2.31. The lowest BCUT2D eigenvalue weighted by Crippen LogP contribution is -2.52. The predicted octanol–water partition coefficient (Wildman–Crippen LogP) is 3.94. The van der Waals surface area contributed by atoms with Gasteiger partial charge in [0.15, 0.2) is 0 Å². The molecule has 0 saturated heterocycles. The number of anilines is 2. The highest BCUT2D eigenvalue weighted by Crippen LogP contribution is 2.27. The van der Waals surface area contributed by atoms with E-state index in [1.54, 1.807) is 36.4 Å². The first kappa shape index (κ1) is 19.9. The smallest absolute Gasteiger partial charge is 0.255 e. The van der Waals surface area contributed by atoms with Crippen molar-refractivity contribution in [1.29, 1.82) is 0 Å². The third-order valence-corrected chi connectivity index (χ3v) is 5.03. The molecule has 1 aliphatic carbocycles. The minimum absolute atomic E-state index is 0.154. The summed E-state index contributed by atoms with van der Waals surface area (Å²) in [6.07, 6.45) is 4.51. The predicted molar refractivity (Wildman–Crippen MR) is 111 cm³/mol. The molecule has 0 aromatic heterocycles. The number of nitrogens with one attached hydrogen (secondary N) is 2. The number of carbonyl (C=O) groups excluding carboxylic acids is 2. The molecule has 0 radical (unpaired) electrons. The number of nitrogens with two attached hydrogens (primary N) is 1. The van der Waals surface area contributed by atoms with Crippen molar-refractivity contribution in [3.8, 4) is 5.75 Å². The lowest BCUT2D eigenvalue weighted by molar-refractivity contribution is -0.122. The minimum Gasteiger partial charge on any atom is -0.494 e. The van der Waals surface area contributed by atoms with Crippen molar-refractivity contribution >= 4 is 23.2 Å². The van der Waals surface area contributed by atoms with Crippen molar-refractivity contribution in [2.45, 2.75) is 44.6 Å². The van der Waals surface area contributed by atoms with E-state index in [2.05, 4.69) is 10.6 Å². The summed E-state index contributed by atoms with van der Waals surface area (Å²) in [4.78, 5) is 24.9. The van der Waals surface area contributed by atoms with Crippen molar-refractivity contribution in [1.82, 2.24) is 0 Å². The van der Waals surface area contributed by atoms with E-state index in [1.807, 2.05) is 19.1 Å². The normalized spacial score (nSPS) is 15.5. The zero-order valence-corrected chi connectivity index (χ0v) is 16.2. The Hall–Kier alpha value is -2.86. The maximum atomic E-state index is 12.5. The largest absolute Gasteiger partial charge is 0.494 e. The van der Waals surface area contributed by atoms with Crippen molar-refractivity contribution in [2.24, 2.45) is 5.73 Å². The Morgan fingerprint density at radius 3 is 2.11 bits per heavy atom. The quantitative estimate of drug-likeness (QED) is 0.706. The molecule has 0 spiro atoms. The molecule has 1 saturated carbocycles. The highest BCUT2D eigenvalue weighted by molar-refractivity contribution is 6.05. The van der Waals surface area contributed by atoms with Gasteiger partial charge in [-0.15, -0.1) is 0 Å². The number of benzene rings is 2. The van der Waals surface area contributed by atoms with E-state index in [0.29, 0.717) is 36.4 Å². The van der Waals surface area contributed by atoms with E-state index in [4.69, 9.17) is 10.5 Å². The molecule has 0 aliphatic heterocycles. The van der Waals surface area contributed by atoms with Gasteiger partial charge in [0.1, 0.15) is 5.75 Å². The van der Waals surface area contributed by atoms with E-state index in [9.17, 15) is 9.59 Å². The summed E-state index contributed by atoms with van der Waals surface area (Å²) in [6.45, 7) is 2.52. The number of hydrogen-bond donors (Lipinski definition) is 3. The summed E-state index contributed by atoms with van der Waals surface area (Å²) in [5.74, 6) is 0.389. The van der Waals surface area contributed by atoms with Gasteiger partial charge in [-0.25, -0.2) is 0 Å². The van der Waals surface area contributed by atoms with Gasteiger partial charge in [0.05, 0.1) is 12.1 Å². The van der Waals surface area contributed by atoms with Crippen LogP contribution in [0.1, 0.15) is 49.4 Å². The van der Waals surface area contributed by atoms with Crippen LogP contribution in [0.25, 0.3) is 0 Å². The van der Waals surface area contributed by atoms with Crippen LogP contribution in [0.4, 0.5) is 11.4 Å². The van der Waals surface area contributed by atoms with Crippen LogP contribution in [0.5, 0.6) is 5.75 Å². The van der Waals surface area contributed by atoms with Crippen LogP contribution < -0.4 is 21.1 Å². The Labute approximate surface area is 165 Å². The molecule has 148 valence electrons. The molecular weight excluding hydrogens is 354 g/mol. The molecule has 1 fully saturated rings. The van der Waals surface area contributed by atoms with Crippen LogP contribution in [-0.4, -0.2) is 24.0 Å². The second-order valence-electron chi connectivity index (χ2n) is 7.16. The van der Waals surface area contributed by atoms with Crippen molar-refractivity contribution in [2.75, 3.05) is 17.2 Å². The van der Waals surface area contributed by atoms with Crippen LogP contribution in [-0.2, 0) is 4.79 Å². The van der Waals surface area contributed by atoms with Crippen LogP contribution in [0, 0.1) is 0 Å². The summed E-state index contributed by atoms with van der Waals surface area (Å²) in [5.41, 5.74) is 7.30. The molecule has 1 aliphatic rings. The van der Waals surface area contributed by atoms with Crippen LogP contribution in [0.15, 0.2) is 48.5 Å². The van der Waals surface area contributed by atoms with Gasteiger partial charge in [-0.3, -0.25) is 9.59 Å². The van der Waals surface area contributed by atoms with Gasteiger partial charge in [0, 0.05) is 16.9 Å². The molecule has 0 heterocycles. The van der Waals surface area contributed by atoms with E-state index in [-0.39, 0.29) is 11.8 Å². The molecule has 6 heteroatoms. The summed E-state index contributed by atoms with van der Waals surface area (Å²) >= 11 is 0. The van der Waals surface area contributed by atoms with Crippen molar-refractivity contribution in [3.63, 3.8) is 0 Å². The van der Waals surface area contributed by atoms with Crippen molar-refractivity contribution < 1.29 is 14.3 Å². The summed E-state index contributed by atoms with van der Waals surface area (Å²) in [5, 5.41) is 5.72. The number of carbonyl (C=O) groups is 2. The Morgan fingerprint density at radius 2 is 1.50 bits per heavy atom. The SMILES string of the molecule is CCOc1ccc(NC(=O)c2ccc(NC(=O)C3(N)CCCCC3)cc2)cc1. The van der Waals surface area contributed by atoms with Crippen LogP contribution >= 0.6 is 0 Å². The fourth-order valence-electron chi connectivity index (χ4n) is 3.37. The van der Waals surface area contributed by atoms with Gasteiger partial charge in [-0.05, 0) is 68.3 Å². The average molecular weight is 381 g/mol. The van der Waals surface area contributed by atoms with Gasteiger partial charge >= 0.3 is 0 Å². The second-order valence-corrected chi connectivity index (χ2v) is 7.16. The van der Waals surface area contributed by atoms with E-state index >= 15 is 0 Å². The lowest BCUT2D eigenvalue weighted by atomic mass is 9.82. The Bertz CT molecular complexity index is 810. The third kappa shape index (κ3) is 4.89. The van der Waals surface area contributed by atoms with Gasteiger partial charge in [-0.1, -0.05) is 19.3 Å². The molecule has 2 amide bonds. The third-order valence-electron chi connectivity index (χ3n) is 5.03. The molecule has 28 heavy (non-hydrogen) atoms. The Morgan fingerprint density at radius 1 is 0.929 bits per heavy atom. The molecule has 4 N–H and O–H groups in total. The van der Waals surface area contributed by atoms with E-state index < -0.39 is 5.54 Å². The fraction of sp³-hybridized carbons (Fsp3) is 0.364. The molecule has 0 unspecified atom stereocenters. The second kappa shape index (κ2) is 8.89. The van der Waals surface area contributed by atoms with Gasteiger partial charge in [0.25, 0.3) is 5.91 Å². The van der Waals surface area contributed by atoms with E-state index in [1.165, 1.54) is 0 Å². The van der Waals surface area contributed by atoms with Gasteiger partial charge in [0.2, 0.25) is 5.91 Å². The first-order chi connectivity index (χ1) is 13.5. The summed E-state index contributed by atoms with van der Waals surface area (Å²) in [7, 11) is 0. The molecule has 3 rings (SSSR count). The molecular formula is C22H27N3O3. The minimum atomic E-state index is -0.790. The zero-order valence-electron chi connectivity index (χ0n) is 16.2. The molecule has 2 aromatic carbocycles. The molecule has 0 atom stereocenters. The Balaban J connectivity index is 1.58. The number of rotatable bonds is 6. The maximum absolute atomic E-state index is 12.5. The fourth-order valence-corrected chi connectivity index (χ4v) is 3.37. The molecule has 0 bridgehead atoms. The maximum Gasteiger partial charge on any atom is 0.255 e. The van der Waals surface area contributed by atoms with Gasteiger partial charge in [-0.2, -0.15) is 0 Å². The first-order valence-electron chi connectivity index (χ1n) is 9.75. The van der Waals surface area contributed by atoms with Gasteiger partial charge < -0.3 is 21.1 Å². The zero-order chi connectivity index (χ0) is 20.0. The Kier molecular flexibility index (Phi) is 6.31. The molecule has 6 nitrogen and oxygen atoms in total. The standard InChI is InChI=1S/C22H27N3O3/c1-2-28-19-12-10-17(11-13-19)24-20(26)16-6-8-18(9-7-16)25-21(27)22(23)14-4-3-5-15-22/h6-13H,2-5,14-15,23H2,1H3,(H,24,26)(H,25,27). The number of hydrogen-bond acceptors (Lipinski definition) is 4. The highest BCUT2D eigenvalue weighted by atomic mass is 16.5. The molecule has 2 aromatic rings. The van der Waals surface area contributed by atoms with Crippen LogP contribution in [0.2, 0.25) is 0 Å².